The van der Waals surface area contributed by atoms with Gasteiger partial charge < -0.3 is 23.9 Å². The van der Waals surface area contributed by atoms with Crippen LogP contribution in [0.4, 0.5) is 0 Å². The molecular formula is C21H25NO7. The number of ether oxygens (including phenoxy) is 4. The number of hydrogen-bond donors (Lipinski definition) is 1. The Morgan fingerprint density at radius 2 is 1.59 bits per heavy atom. The molecule has 29 heavy (non-hydrogen) atoms. The number of ketones is 1. The van der Waals surface area contributed by atoms with Gasteiger partial charge in [0.15, 0.2) is 18.1 Å². The van der Waals surface area contributed by atoms with Gasteiger partial charge in [-0.2, -0.15) is 0 Å². The number of carbonyl (C=O) groups excluding carboxylic acids is 3. The van der Waals surface area contributed by atoms with Crippen LogP contribution in [0.5, 0.6) is 11.5 Å². The Balaban J connectivity index is 2.16. The van der Waals surface area contributed by atoms with Crippen LogP contribution in [0.2, 0.25) is 0 Å². The maximum Gasteiger partial charge on any atom is 0.340 e. The number of nitrogens with one attached hydrogen (secondary N) is 1. The summed E-state index contributed by atoms with van der Waals surface area (Å²) in [6, 6.07) is 4.59. The van der Waals surface area contributed by atoms with E-state index < -0.39 is 24.3 Å². The Bertz CT molecular complexity index is 914. The molecule has 0 aliphatic carbocycles. The minimum Gasteiger partial charge on any atom is -0.493 e. The van der Waals surface area contributed by atoms with Crippen LogP contribution in [0.1, 0.15) is 56.3 Å². The first kappa shape index (κ1) is 22.0. The molecule has 0 spiro atoms. The average Bonchev–Trinajstić information content (AvgIpc) is 3.00. The van der Waals surface area contributed by atoms with Crippen LogP contribution in [0, 0.1) is 13.8 Å². The first-order valence-electron chi connectivity index (χ1n) is 9.21. The number of rotatable bonds is 9. The normalized spacial score (nSPS) is 10.4. The van der Waals surface area contributed by atoms with Gasteiger partial charge in [-0.3, -0.25) is 4.79 Å². The van der Waals surface area contributed by atoms with Gasteiger partial charge in [0.25, 0.3) is 0 Å². The third-order valence-corrected chi connectivity index (χ3v) is 4.17. The Morgan fingerprint density at radius 3 is 2.21 bits per heavy atom. The molecule has 1 aromatic carbocycles. The number of esters is 2. The highest BCUT2D eigenvalue weighted by Crippen LogP contribution is 2.28. The summed E-state index contributed by atoms with van der Waals surface area (Å²) in [6.45, 7) is 6.91. The molecule has 8 nitrogen and oxygen atoms in total. The quantitative estimate of drug-likeness (QED) is 0.506. The average molecular weight is 403 g/mol. The molecule has 0 unspecified atom stereocenters. The van der Waals surface area contributed by atoms with Crippen molar-refractivity contribution in [3.05, 3.63) is 46.3 Å². The first-order valence-corrected chi connectivity index (χ1v) is 9.21. The molecule has 0 bridgehead atoms. The number of methoxy groups -OCH3 is 1. The van der Waals surface area contributed by atoms with E-state index in [1.807, 2.05) is 6.92 Å². The van der Waals surface area contributed by atoms with Crippen LogP contribution in [-0.4, -0.2) is 49.6 Å². The molecule has 0 amide bonds. The molecule has 0 saturated carbocycles. The van der Waals surface area contributed by atoms with Crippen molar-refractivity contribution in [3.63, 3.8) is 0 Å². The predicted octanol–water partition coefficient (Wildman–Crippen LogP) is 3.26. The van der Waals surface area contributed by atoms with Gasteiger partial charge in [-0.1, -0.05) is 0 Å². The molecule has 0 saturated heterocycles. The second-order valence-corrected chi connectivity index (χ2v) is 6.14. The zero-order valence-corrected chi connectivity index (χ0v) is 17.2. The van der Waals surface area contributed by atoms with Gasteiger partial charge >= 0.3 is 11.9 Å². The van der Waals surface area contributed by atoms with Crippen LogP contribution >= 0.6 is 0 Å². The lowest BCUT2D eigenvalue weighted by atomic mass is 10.1. The van der Waals surface area contributed by atoms with Gasteiger partial charge in [-0.05, 0) is 45.9 Å². The number of H-pyrrole nitrogens is 1. The van der Waals surface area contributed by atoms with E-state index >= 15 is 0 Å². The first-order chi connectivity index (χ1) is 13.8. The van der Waals surface area contributed by atoms with Gasteiger partial charge in [0.1, 0.15) is 0 Å². The second kappa shape index (κ2) is 9.77. The van der Waals surface area contributed by atoms with E-state index in [1.54, 1.807) is 26.8 Å². The van der Waals surface area contributed by atoms with E-state index in [0.29, 0.717) is 29.5 Å². The fourth-order valence-corrected chi connectivity index (χ4v) is 2.95. The molecule has 8 heteroatoms. The lowest BCUT2D eigenvalue weighted by Crippen LogP contribution is -2.18. The maximum absolute atomic E-state index is 12.7. The van der Waals surface area contributed by atoms with Crippen molar-refractivity contribution in [2.75, 3.05) is 26.9 Å². The summed E-state index contributed by atoms with van der Waals surface area (Å²) in [5.41, 5.74) is 1.57. The van der Waals surface area contributed by atoms with Crippen LogP contribution in [0.15, 0.2) is 18.2 Å². The number of aryl methyl sites for hydroxylation is 2. The number of Topliss-reactive ketones (excluding diaryl/α,β-unsaturated/α-hetero) is 1. The summed E-state index contributed by atoms with van der Waals surface area (Å²) < 4.78 is 20.8. The molecule has 2 aromatic rings. The number of aromatic nitrogens is 1. The summed E-state index contributed by atoms with van der Waals surface area (Å²) in [6.07, 6.45) is 0. The minimum absolute atomic E-state index is 0.161. The Kier molecular flexibility index (Phi) is 7.41. The minimum atomic E-state index is -0.690. The summed E-state index contributed by atoms with van der Waals surface area (Å²) in [5, 5.41) is 0. The van der Waals surface area contributed by atoms with Crippen LogP contribution < -0.4 is 9.47 Å². The SMILES string of the molecule is CCOC(=O)c1c(C)[nH]c(C)c1C(=O)COC(=O)c1ccc(OC)c(OCC)c1. The fourth-order valence-electron chi connectivity index (χ4n) is 2.95. The highest BCUT2D eigenvalue weighted by Gasteiger charge is 2.26. The van der Waals surface area contributed by atoms with Crippen molar-refractivity contribution >= 4 is 17.7 Å². The number of hydrogen-bond acceptors (Lipinski definition) is 7. The molecule has 2 rings (SSSR count). The number of carbonyl (C=O) groups is 3. The highest BCUT2D eigenvalue weighted by atomic mass is 16.5. The predicted molar refractivity (Wildman–Crippen MR) is 105 cm³/mol. The molecule has 1 heterocycles. The third-order valence-electron chi connectivity index (χ3n) is 4.17. The zero-order chi connectivity index (χ0) is 21.6. The summed E-state index contributed by atoms with van der Waals surface area (Å²) in [7, 11) is 1.50. The van der Waals surface area contributed by atoms with E-state index in [2.05, 4.69) is 4.98 Å². The lowest BCUT2D eigenvalue weighted by Gasteiger charge is -2.11. The zero-order valence-electron chi connectivity index (χ0n) is 17.2. The molecule has 0 aliphatic heterocycles. The van der Waals surface area contributed by atoms with Crippen LogP contribution in [-0.2, 0) is 9.47 Å². The van der Waals surface area contributed by atoms with Gasteiger partial charge in [0.2, 0.25) is 5.78 Å². The monoisotopic (exact) mass is 403 g/mol. The molecule has 0 fully saturated rings. The van der Waals surface area contributed by atoms with Crippen molar-refractivity contribution in [3.8, 4) is 11.5 Å². The summed E-state index contributed by atoms with van der Waals surface area (Å²) in [5.74, 6) is -0.902. The maximum atomic E-state index is 12.7. The van der Waals surface area contributed by atoms with Crippen molar-refractivity contribution in [2.24, 2.45) is 0 Å². The topological polar surface area (TPSA) is 104 Å². The van der Waals surface area contributed by atoms with E-state index in [9.17, 15) is 14.4 Å². The third kappa shape index (κ3) is 4.96. The highest BCUT2D eigenvalue weighted by molar-refractivity contribution is 6.09. The van der Waals surface area contributed by atoms with Gasteiger partial charge in [-0.25, -0.2) is 9.59 Å². The molecule has 1 aromatic heterocycles. The summed E-state index contributed by atoms with van der Waals surface area (Å²) in [4.78, 5) is 40.2. The van der Waals surface area contributed by atoms with E-state index in [1.165, 1.54) is 19.2 Å². The smallest absolute Gasteiger partial charge is 0.340 e. The number of benzene rings is 1. The van der Waals surface area contributed by atoms with Crippen molar-refractivity contribution in [1.29, 1.82) is 0 Å². The van der Waals surface area contributed by atoms with E-state index in [4.69, 9.17) is 18.9 Å². The van der Waals surface area contributed by atoms with Gasteiger partial charge in [0.05, 0.1) is 37.0 Å². The lowest BCUT2D eigenvalue weighted by molar-refractivity contribution is 0.0471. The Hall–Kier alpha value is -3.29. The molecule has 0 radical (unpaired) electrons. The molecule has 0 aliphatic rings. The second-order valence-electron chi connectivity index (χ2n) is 6.14. The van der Waals surface area contributed by atoms with Crippen molar-refractivity contribution in [1.82, 2.24) is 4.98 Å². The summed E-state index contributed by atoms with van der Waals surface area (Å²) >= 11 is 0. The molecular weight excluding hydrogens is 378 g/mol. The largest absolute Gasteiger partial charge is 0.493 e. The van der Waals surface area contributed by atoms with Crippen molar-refractivity contribution < 1.29 is 33.3 Å². The fraction of sp³-hybridized carbons (Fsp3) is 0.381. The van der Waals surface area contributed by atoms with Gasteiger partial charge in [-0.15, -0.1) is 0 Å². The van der Waals surface area contributed by atoms with Crippen molar-refractivity contribution in [2.45, 2.75) is 27.7 Å². The van der Waals surface area contributed by atoms with Crippen LogP contribution in [0.3, 0.4) is 0 Å². The standard InChI is InChI=1S/C21H25NO7/c1-6-27-17-10-14(8-9-16(17)26-5)20(24)29-11-15(23)18-12(3)22-13(4)19(18)21(25)28-7-2/h8-10,22H,6-7,11H2,1-5H3. The van der Waals surface area contributed by atoms with E-state index in [-0.39, 0.29) is 23.3 Å². The Morgan fingerprint density at radius 1 is 0.897 bits per heavy atom. The molecule has 156 valence electrons. The number of aromatic amines is 1. The Labute approximate surface area is 169 Å². The van der Waals surface area contributed by atoms with Crippen LogP contribution in [0.25, 0.3) is 0 Å². The van der Waals surface area contributed by atoms with Gasteiger partial charge in [0, 0.05) is 11.4 Å². The molecule has 1 N–H and O–H groups in total. The molecule has 0 atom stereocenters. The van der Waals surface area contributed by atoms with E-state index in [0.717, 1.165) is 0 Å².